The molecule has 3 aliphatic rings. The fourth-order valence-electron chi connectivity index (χ4n) is 4.76. The fourth-order valence-corrected chi connectivity index (χ4v) is 4.76. The Hall–Kier alpha value is -1.85. The molecule has 2 bridgehead atoms. The van der Waals surface area contributed by atoms with Crippen LogP contribution in [0, 0.1) is 5.92 Å². The number of carbonyl (C=O) groups is 1. The second kappa shape index (κ2) is 5.90. The molecule has 3 saturated heterocycles. The van der Waals surface area contributed by atoms with Gasteiger partial charge in [-0.15, -0.1) is 0 Å². The first-order valence-electron chi connectivity index (χ1n) is 8.83. The third-order valence-electron chi connectivity index (χ3n) is 6.01. The largest absolute Gasteiger partial charge is 0.480 e. The van der Waals surface area contributed by atoms with E-state index in [1.54, 1.807) is 0 Å². The summed E-state index contributed by atoms with van der Waals surface area (Å²) in [5.74, 6) is 0.265. The van der Waals surface area contributed by atoms with Gasteiger partial charge in [0.25, 0.3) is 0 Å². The van der Waals surface area contributed by atoms with E-state index in [4.69, 9.17) is 5.73 Å². The lowest BCUT2D eigenvalue weighted by Crippen LogP contribution is -2.47. The van der Waals surface area contributed by atoms with E-state index in [1.807, 2.05) is 12.1 Å². The number of carboxylic acids is 1. The molecule has 5 nitrogen and oxygen atoms in total. The standard InChI is InChI=1S/C19H25N3O2/c1-21-17-5-3-2-4-13(17)14(10-16(20)19(23)24)18(21)15-11-22-8-6-12(15)7-9-22/h2-5,12,15-16H,6-11,20H2,1H3,(H,23,24). The molecule has 24 heavy (non-hydrogen) atoms. The first kappa shape index (κ1) is 15.7. The lowest BCUT2D eigenvalue weighted by atomic mass is 9.76. The van der Waals surface area contributed by atoms with Crippen molar-refractivity contribution in [1.29, 1.82) is 0 Å². The van der Waals surface area contributed by atoms with Crippen LogP contribution in [0.3, 0.4) is 0 Å². The molecule has 5 rings (SSSR count). The Kier molecular flexibility index (Phi) is 3.85. The molecular formula is C19H25N3O2. The Bertz CT molecular complexity index is 774. The number of hydrogen-bond donors (Lipinski definition) is 2. The van der Waals surface area contributed by atoms with E-state index >= 15 is 0 Å². The first-order chi connectivity index (χ1) is 11.6. The van der Waals surface area contributed by atoms with E-state index in [2.05, 4.69) is 28.6 Å². The third-order valence-corrected chi connectivity index (χ3v) is 6.01. The number of carboxylic acid groups (broad SMARTS) is 1. The van der Waals surface area contributed by atoms with Gasteiger partial charge in [-0.3, -0.25) is 4.79 Å². The molecule has 128 valence electrons. The number of aliphatic carboxylic acids is 1. The summed E-state index contributed by atoms with van der Waals surface area (Å²) in [5, 5.41) is 10.4. The van der Waals surface area contributed by atoms with E-state index < -0.39 is 12.0 Å². The van der Waals surface area contributed by atoms with E-state index in [1.165, 1.54) is 37.1 Å². The molecular weight excluding hydrogens is 302 g/mol. The first-order valence-corrected chi connectivity index (χ1v) is 8.83. The number of aromatic nitrogens is 1. The predicted octanol–water partition coefficient (Wildman–Crippen LogP) is 1.94. The molecule has 5 heteroatoms. The Morgan fingerprint density at radius 2 is 2.04 bits per heavy atom. The van der Waals surface area contributed by atoms with Gasteiger partial charge in [0.2, 0.25) is 0 Å². The molecule has 3 N–H and O–H groups in total. The number of rotatable bonds is 4. The molecule has 1 aromatic heterocycles. The molecule has 0 spiro atoms. The van der Waals surface area contributed by atoms with Crippen molar-refractivity contribution in [1.82, 2.24) is 9.47 Å². The summed E-state index contributed by atoms with van der Waals surface area (Å²) < 4.78 is 2.28. The van der Waals surface area contributed by atoms with Crippen LogP contribution in [-0.2, 0) is 18.3 Å². The monoisotopic (exact) mass is 327 g/mol. The highest BCUT2D eigenvalue weighted by molar-refractivity contribution is 5.87. The SMILES string of the molecule is Cn1c(C2CN3CCC2CC3)c(CC(N)C(=O)O)c2ccccc21. The van der Waals surface area contributed by atoms with Gasteiger partial charge in [0.1, 0.15) is 6.04 Å². The molecule has 4 heterocycles. The maximum atomic E-state index is 11.3. The molecule has 2 aromatic rings. The summed E-state index contributed by atoms with van der Waals surface area (Å²) in [6.07, 6.45) is 2.89. The maximum Gasteiger partial charge on any atom is 0.320 e. The third kappa shape index (κ3) is 2.43. The molecule has 3 aliphatic heterocycles. The van der Waals surface area contributed by atoms with Gasteiger partial charge >= 0.3 is 5.97 Å². The van der Waals surface area contributed by atoms with Crippen LogP contribution >= 0.6 is 0 Å². The average Bonchev–Trinajstić information content (AvgIpc) is 2.88. The predicted molar refractivity (Wildman–Crippen MR) is 94.1 cm³/mol. The van der Waals surface area contributed by atoms with Gasteiger partial charge in [-0.25, -0.2) is 0 Å². The second-order valence-corrected chi connectivity index (χ2v) is 7.33. The van der Waals surface area contributed by atoms with Crippen molar-refractivity contribution < 1.29 is 9.90 Å². The molecule has 1 aromatic carbocycles. The van der Waals surface area contributed by atoms with Crippen LogP contribution in [0.5, 0.6) is 0 Å². The number of nitrogens with two attached hydrogens (primary N) is 1. The summed E-state index contributed by atoms with van der Waals surface area (Å²) in [4.78, 5) is 13.9. The van der Waals surface area contributed by atoms with E-state index in [0.717, 1.165) is 17.5 Å². The van der Waals surface area contributed by atoms with E-state index in [-0.39, 0.29) is 0 Å². The number of para-hydroxylation sites is 1. The minimum absolute atomic E-state index is 0.398. The summed E-state index contributed by atoms with van der Waals surface area (Å²) in [6, 6.07) is 7.44. The number of hydrogen-bond acceptors (Lipinski definition) is 3. The minimum atomic E-state index is -0.928. The highest BCUT2D eigenvalue weighted by Crippen LogP contribution is 2.42. The van der Waals surface area contributed by atoms with Crippen LogP contribution in [0.15, 0.2) is 24.3 Å². The van der Waals surface area contributed by atoms with Crippen molar-refractivity contribution in [2.45, 2.75) is 31.2 Å². The smallest absolute Gasteiger partial charge is 0.320 e. The van der Waals surface area contributed by atoms with Crippen LogP contribution in [0.2, 0.25) is 0 Å². The Morgan fingerprint density at radius 3 is 2.67 bits per heavy atom. The Balaban J connectivity index is 1.84. The molecule has 0 aliphatic carbocycles. The Labute approximate surface area is 142 Å². The molecule has 0 saturated carbocycles. The number of benzene rings is 1. The van der Waals surface area contributed by atoms with Gasteiger partial charge < -0.3 is 20.3 Å². The lowest BCUT2D eigenvalue weighted by molar-refractivity contribution is -0.138. The van der Waals surface area contributed by atoms with Crippen LogP contribution in [0.25, 0.3) is 10.9 Å². The quantitative estimate of drug-likeness (QED) is 0.900. The summed E-state index contributed by atoms with van der Waals surface area (Å²) >= 11 is 0. The van der Waals surface area contributed by atoms with Crippen molar-refractivity contribution in [3.05, 3.63) is 35.5 Å². The maximum absolute atomic E-state index is 11.3. The van der Waals surface area contributed by atoms with Crippen molar-refractivity contribution in [3.63, 3.8) is 0 Å². The molecule has 3 fully saturated rings. The van der Waals surface area contributed by atoms with E-state index in [9.17, 15) is 9.90 Å². The number of fused-ring (bicyclic) bond motifs is 4. The molecule has 2 unspecified atom stereocenters. The van der Waals surface area contributed by atoms with Crippen molar-refractivity contribution in [3.8, 4) is 0 Å². The normalized spacial score (nSPS) is 27.5. The fraction of sp³-hybridized carbons (Fsp3) is 0.526. The number of aryl methyl sites for hydroxylation is 1. The van der Waals surface area contributed by atoms with Crippen LogP contribution in [0.1, 0.15) is 30.0 Å². The van der Waals surface area contributed by atoms with Gasteiger partial charge in [-0.05, 0) is 43.5 Å². The highest BCUT2D eigenvalue weighted by atomic mass is 16.4. The molecule has 2 atom stereocenters. The second-order valence-electron chi connectivity index (χ2n) is 7.33. The minimum Gasteiger partial charge on any atom is -0.480 e. The van der Waals surface area contributed by atoms with Crippen molar-refractivity contribution >= 4 is 16.9 Å². The Morgan fingerprint density at radius 1 is 1.33 bits per heavy atom. The highest BCUT2D eigenvalue weighted by Gasteiger charge is 2.38. The van der Waals surface area contributed by atoms with Crippen molar-refractivity contribution in [2.75, 3.05) is 19.6 Å². The summed E-state index contributed by atoms with van der Waals surface area (Å²) in [6.45, 7) is 3.49. The van der Waals surface area contributed by atoms with Crippen LogP contribution in [-0.4, -0.2) is 46.2 Å². The van der Waals surface area contributed by atoms with Crippen molar-refractivity contribution in [2.24, 2.45) is 18.7 Å². The lowest BCUT2D eigenvalue weighted by Gasteiger charge is -2.45. The molecule has 0 amide bonds. The van der Waals surface area contributed by atoms with Crippen LogP contribution in [0.4, 0.5) is 0 Å². The molecule has 0 radical (unpaired) electrons. The number of piperidine rings is 3. The average molecular weight is 327 g/mol. The number of nitrogens with zero attached hydrogens (tertiary/aromatic N) is 2. The van der Waals surface area contributed by atoms with Gasteiger partial charge in [0, 0.05) is 42.5 Å². The topological polar surface area (TPSA) is 71.5 Å². The van der Waals surface area contributed by atoms with Gasteiger partial charge in [0.15, 0.2) is 0 Å². The van der Waals surface area contributed by atoms with Gasteiger partial charge in [-0.2, -0.15) is 0 Å². The summed E-state index contributed by atoms with van der Waals surface area (Å²) in [5.41, 5.74) is 9.53. The summed E-state index contributed by atoms with van der Waals surface area (Å²) in [7, 11) is 2.12. The zero-order chi connectivity index (χ0) is 16.8. The zero-order valence-corrected chi connectivity index (χ0v) is 14.1. The van der Waals surface area contributed by atoms with Gasteiger partial charge in [-0.1, -0.05) is 18.2 Å². The zero-order valence-electron chi connectivity index (χ0n) is 14.1. The van der Waals surface area contributed by atoms with E-state index in [0.29, 0.717) is 18.3 Å². The van der Waals surface area contributed by atoms with Crippen LogP contribution < -0.4 is 5.73 Å². The van der Waals surface area contributed by atoms with Gasteiger partial charge in [0.05, 0.1) is 0 Å².